The van der Waals surface area contributed by atoms with Crippen LogP contribution in [0.25, 0.3) is 0 Å². The summed E-state index contributed by atoms with van der Waals surface area (Å²) >= 11 is 0. The molecule has 0 aromatic rings. The molecule has 0 aromatic heterocycles. The number of carbonyl (C=O) groups is 1. The lowest BCUT2D eigenvalue weighted by Crippen LogP contribution is -2.43. The number of carbonyl (C=O) groups excluding carboxylic acids is 1. The van der Waals surface area contributed by atoms with E-state index in [-0.39, 0.29) is 6.09 Å². The van der Waals surface area contributed by atoms with Crippen LogP contribution in [0.4, 0.5) is 4.79 Å². The van der Waals surface area contributed by atoms with E-state index in [1.807, 2.05) is 25.7 Å². The van der Waals surface area contributed by atoms with E-state index in [0.717, 1.165) is 52.0 Å². The molecule has 2 atom stereocenters. The van der Waals surface area contributed by atoms with Crippen molar-refractivity contribution in [1.82, 2.24) is 15.1 Å². The van der Waals surface area contributed by atoms with Gasteiger partial charge in [0.15, 0.2) is 0 Å². The van der Waals surface area contributed by atoms with Crippen molar-refractivity contribution in [1.29, 1.82) is 0 Å². The van der Waals surface area contributed by atoms with Gasteiger partial charge in [0.05, 0.1) is 0 Å². The molecule has 23 heavy (non-hydrogen) atoms. The Kier molecular flexibility index (Phi) is 8.34. The number of likely N-dealkylation sites (tertiary alicyclic amines) is 1. The second kappa shape index (κ2) is 9.48. The van der Waals surface area contributed by atoms with E-state index in [4.69, 9.17) is 4.74 Å². The molecule has 0 aliphatic carbocycles. The van der Waals surface area contributed by atoms with Crippen LogP contribution in [0.2, 0.25) is 0 Å². The van der Waals surface area contributed by atoms with Crippen molar-refractivity contribution < 1.29 is 9.53 Å². The lowest BCUT2D eigenvalue weighted by Gasteiger charge is -2.30. The normalized spacial score (nSPS) is 20.1. The van der Waals surface area contributed by atoms with Crippen molar-refractivity contribution in [3.05, 3.63) is 0 Å². The van der Waals surface area contributed by atoms with Crippen molar-refractivity contribution in [3.63, 3.8) is 0 Å². The molecular weight excluding hydrogens is 290 g/mol. The van der Waals surface area contributed by atoms with Gasteiger partial charge in [-0.15, -0.1) is 0 Å². The molecule has 5 nitrogen and oxygen atoms in total. The highest BCUT2D eigenvalue weighted by atomic mass is 16.6. The highest BCUT2D eigenvalue weighted by Crippen LogP contribution is 2.23. The monoisotopic (exact) mass is 327 g/mol. The van der Waals surface area contributed by atoms with Gasteiger partial charge in [-0.2, -0.15) is 0 Å². The number of hydrogen-bond acceptors (Lipinski definition) is 4. The van der Waals surface area contributed by atoms with E-state index in [2.05, 4.69) is 31.0 Å². The number of ether oxygens (including phenoxy) is 1. The fraction of sp³-hybridized carbons (Fsp3) is 0.944. The van der Waals surface area contributed by atoms with Gasteiger partial charge in [-0.3, -0.25) is 0 Å². The number of nitrogens with zero attached hydrogens (tertiary/aromatic N) is 2. The number of rotatable bonds is 8. The summed E-state index contributed by atoms with van der Waals surface area (Å²) in [5.41, 5.74) is -0.419. The van der Waals surface area contributed by atoms with Crippen LogP contribution >= 0.6 is 0 Å². The molecule has 1 heterocycles. The number of nitrogens with one attached hydrogen (secondary N) is 1. The van der Waals surface area contributed by atoms with Gasteiger partial charge < -0.3 is 19.9 Å². The molecule has 1 rings (SSSR count). The Hall–Kier alpha value is -0.810. The van der Waals surface area contributed by atoms with E-state index in [1.165, 1.54) is 0 Å². The third-order valence-corrected chi connectivity index (χ3v) is 4.45. The summed E-state index contributed by atoms with van der Waals surface area (Å²) in [5.74, 6) is 0. The summed E-state index contributed by atoms with van der Waals surface area (Å²) in [7, 11) is 0. The molecule has 0 saturated carbocycles. The van der Waals surface area contributed by atoms with Crippen LogP contribution in [0.3, 0.4) is 0 Å². The Labute approximate surface area is 142 Å². The summed E-state index contributed by atoms with van der Waals surface area (Å²) in [4.78, 5) is 16.7. The Morgan fingerprint density at radius 1 is 1.35 bits per heavy atom. The van der Waals surface area contributed by atoms with Crippen LogP contribution in [-0.4, -0.2) is 66.3 Å². The highest BCUT2D eigenvalue weighted by molar-refractivity contribution is 5.68. The smallest absolute Gasteiger partial charge is 0.410 e. The molecular formula is C18H37N3O2. The van der Waals surface area contributed by atoms with Crippen LogP contribution in [0, 0.1) is 0 Å². The highest BCUT2D eigenvalue weighted by Gasteiger charge is 2.32. The van der Waals surface area contributed by atoms with Crippen molar-refractivity contribution in [2.24, 2.45) is 0 Å². The van der Waals surface area contributed by atoms with Gasteiger partial charge in [-0.05, 0) is 60.0 Å². The van der Waals surface area contributed by atoms with Crippen molar-refractivity contribution >= 4 is 6.09 Å². The van der Waals surface area contributed by atoms with Gasteiger partial charge in [0.25, 0.3) is 0 Å². The zero-order valence-electron chi connectivity index (χ0n) is 16.0. The molecule has 1 aliphatic rings. The fourth-order valence-electron chi connectivity index (χ4n) is 3.14. The lowest BCUT2D eigenvalue weighted by molar-refractivity contribution is 0.0214. The maximum absolute atomic E-state index is 12.3. The molecule has 5 heteroatoms. The SMILES string of the molecule is CCN(CC)CCNC(C)CC1CCCN1C(=O)OC(C)(C)C. The van der Waals surface area contributed by atoms with E-state index in [9.17, 15) is 4.79 Å². The summed E-state index contributed by atoms with van der Waals surface area (Å²) in [6, 6.07) is 0.722. The minimum absolute atomic E-state index is 0.157. The predicted molar refractivity (Wildman–Crippen MR) is 95.8 cm³/mol. The molecule has 136 valence electrons. The van der Waals surface area contributed by atoms with Crippen molar-refractivity contribution in [2.75, 3.05) is 32.7 Å². The topological polar surface area (TPSA) is 44.8 Å². The van der Waals surface area contributed by atoms with Crippen LogP contribution in [0.5, 0.6) is 0 Å². The number of likely N-dealkylation sites (N-methyl/N-ethyl adjacent to an activating group) is 1. The molecule has 0 aromatic carbocycles. The molecule has 0 bridgehead atoms. The lowest BCUT2D eigenvalue weighted by atomic mass is 10.1. The Balaban J connectivity index is 2.38. The summed E-state index contributed by atoms with van der Waals surface area (Å²) in [6.07, 6.45) is 3.00. The quantitative estimate of drug-likeness (QED) is 0.744. The third kappa shape index (κ3) is 7.53. The molecule has 1 aliphatic heterocycles. The first-order chi connectivity index (χ1) is 10.8. The third-order valence-electron chi connectivity index (χ3n) is 4.45. The van der Waals surface area contributed by atoms with Gasteiger partial charge >= 0.3 is 6.09 Å². The minimum Gasteiger partial charge on any atom is -0.444 e. The van der Waals surface area contributed by atoms with Crippen LogP contribution in [-0.2, 0) is 4.74 Å². The molecule has 2 unspecified atom stereocenters. The first-order valence-electron chi connectivity index (χ1n) is 9.22. The summed E-state index contributed by atoms with van der Waals surface area (Å²) in [5, 5.41) is 3.60. The zero-order valence-corrected chi connectivity index (χ0v) is 16.0. The van der Waals surface area contributed by atoms with E-state index in [0.29, 0.717) is 12.1 Å². The molecule has 0 spiro atoms. The van der Waals surface area contributed by atoms with Crippen LogP contribution < -0.4 is 5.32 Å². The Morgan fingerprint density at radius 2 is 2.00 bits per heavy atom. The first kappa shape index (κ1) is 20.2. The second-order valence-corrected chi connectivity index (χ2v) is 7.59. The number of hydrogen-bond donors (Lipinski definition) is 1. The van der Waals surface area contributed by atoms with Gasteiger partial charge in [0.2, 0.25) is 0 Å². The Bertz CT molecular complexity index is 351. The second-order valence-electron chi connectivity index (χ2n) is 7.59. The molecule has 1 saturated heterocycles. The number of amides is 1. The molecule has 1 fully saturated rings. The predicted octanol–water partition coefficient (Wildman–Crippen LogP) is 3.10. The van der Waals surface area contributed by atoms with Gasteiger partial charge in [-0.25, -0.2) is 4.79 Å². The van der Waals surface area contributed by atoms with E-state index >= 15 is 0 Å². The average Bonchev–Trinajstić information content (AvgIpc) is 2.90. The minimum atomic E-state index is -0.419. The molecule has 1 amide bonds. The zero-order chi connectivity index (χ0) is 17.5. The van der Waals surface area contributed by atoms with Crippen molar-refractivity contribution in [3.8, 4) is 0 Å². The molecule has 0 radical (unpaired) electrons. The average molecular weight is 328 g/mol. The van der Waals surface area contributed by atoms with Crippen molar-refractivity contribution in [2.45, 2.75) is 78.5 Å². The van der Waals surface area contributed by atoms with Gasteiger partial charge in [-0.1, -0.05) is 13.8 Å². The first-order valence-corrected chi connectivity index (χ1v) is 9.22. The Morgan fingerprint density at radius 3 is 2.57 bits per heavy atom. The standard InChI is InChI=1S/C18H37N3O2/c1-7-20(8-2)13-11-19-15(3)14-16-10-9-12-21(16)17(22)23-18(4,5)6/h15-16,19H,7-14H2,1-6H3. The molecule has 1 N–H and O–H groups in total. The van der Waals surface area contributed by atoms with E-state index < -0.39 is 5.60 Å². The summed E-state index contributed by atoms with van der Waals surface area (Å²) < 4.78 is 5.54. The van der Waals surface area contributed by atoms with E-state index in [1.54, 1.807) is 0 Å². The fourth-order valence-corrected chi connectivity index (χ4v) is 3.14. The maximum Gasteiger partial charge on any atom is 0.410 e. The van der Waals surface area contributed by atoms with Gasteiger partial charge in [0, 0.05) is 31.7 Å². The summed E-state index contributed by atoms with van der Waals surface area (Å²) in [6.45, 7) is 17.5. The largest absolute Gasteiger partial charge is 0.444 e. The van der Waals surface area contributed by atoms with Crippen LogP contribution in [0.1, 0.15) is 60.8 Å². The van der Waals surface area contributed by atoms with Crippen LogP contribution in [0.15, 0.2) is 0 Å². The van der Waals surface area contributed by atoms with Gasteiger partial charge in [0.1, 0.15) is 5.60 Å². The maximum atomic E-state index is 12.3.